The first kappa shape index (κ1) is 12.2. The summed E-state index contributed by atoms with van der Waals surface area (Å²) in [6, 6.07) is 6.59. The molecule has 0 atom stereocenters. The van der Waals surface area contributed by atoms with Crippen LogP contribution in [0, 0.1) is 0 Å². The molecule has 0 saturated heterocycles. The molecule has 84 valence electrons. The van der Waals surface area contributed by atoms with Gasteiger partial charge in [0.15, 0.2) is 4.93 Å². The van der Waals surface area contributed by atoms with E-state index in [1.165, 1.54) is 26.0 Å². The van der Waals surface area contributed by atoms with Crippen molar-refractivity contribution in [1.82, 2.24) is 0 Å². The quantitative estimate of drug-likeness (QED) is 0.857. The summed E-state index contributed by atoms with van der Waals surface area (Å²) in [4.78, 5) is -1.58. The minimum absolute atomic E-state index is 0.159. The van der Waals surface area contributed by atoms with E-state index >= 15 is 0 Å². The maximum Gasteiger partial charge on any atom is 0.207 e. The van der Waals surface area contributed by atoms with Crippen LogP contribution in [0.1, 0.15) is 26.3 Å². The van der Waals surface area contributed by atoms with Gasteiger partial charge in [0.1, 0.15) is 0 Å². The summed E-state index contributed by atoms with van der Waals surface area (Å²) in [5, 5.41) is 9.54. The number of aliphatic hydroxyl groups is 1. The van der Waals surface area contributed by atoms with Crippen molar-refractivity contribution in [3.05, 3.63) is 29.8 Å². The fraction of sp³-hybridized carbons (Fsp3) is 0.455. The van der Waals surface area contributed by atoms with Crippen LogP contribution in [-0.2, 0) is 16.3 Å². The van der Waals surface area contributed by atoms with Gasteiger partial charge in [0.05, 0.1) is 4.90 Å². The molecule has 3 nitrogen and oxygen atoms in total. The van der Waals surface area contributed by atoms with Crippen molar-refractivity contribution in [3.63, 3.8) is 0 Å². The Hall–Kier alpha value is -0.870. The summed E-state index contributed by atoms with van der Waals surface area (Å²) >= 11 is 0. The molecule has 1 N–H and O–H groups in total. The lowest BCUT2D eigenvalue weighted by atomic mass is 10.2. The Labute approximate surface area is 90.7 Å². The zero-order chi connectivity index (χ0) is 11.7. The van der Waals surface area contributed by atoms with Gasteiger partial charge in [0, 0.05) is 0 Å². The second-order valence-electron chi connectivity index (χ2n) is 3.95. The van der Waals surface area contributed by atoms with Crippen molar-refractivity contribution in [3.8, 4) is 0 Å². The summed E-state index contributed by atoms with van der Waals surface area (Å²) in [7, 11) is -3.65. The second kappa shape index (κ2) is 3.94. The molecule has 0 aliphatic heterocycles. The first-order valence-corrected chi connectivity index (χ1v) is 6.33. The fourth-order valence-electron chi connectivity index (χ4n) is 1.19. The molecule has 0 bridgehead atoms. The van der Waals surface area contributed by atoms with Crippen LogP contribution in [0.15, 0.2) is 29.2 Å². The van der Waals surface area contributed by atoms with Gasteiger partial charge in [0.2, 0.25) is 9.84 Å². The maximum absolute atomic E-state index is 11.8. The first-order chi connectivity index (χ1) is 6.79. The predicted octanol–water partition coefficient (Wildman–Crippen LogP) is 1.75. The van der Waals surface area contributed by atoms with Gasteiger partial charge in [-0.25, -0.2) is 8.42 Å². The molecule has 0 aliphatic carbocycles. The smallest absolute Gasteiger partial charge is 0.207 e. The van der Waals surface area contributed by atoms with Crippen molar-refractivity contribution in [2.45, 2.75) is 37.0 Å². The molecule has 0 aliphatic rings. The van der Waals surface area contributed by atoms with Crippen LogP contribution in [0.25, 0.3) is 0 Å². The number of aryl methyl sites for hydroxylation is 1. The molecule has 1 rings (SSSR count). The van der Waals surface area contributed by atoms with Crippen molar-refractivity contribution >= 4 is 9.84 Å². The summed E-state index contributed by atoms with van der Waals surface area (Å²) in [5.74, 6) is 0. The molecular weight excluding hydrogens is 212 g/mol. The van der Waals surface area contributed by atoms with Crippen molar-refractivity contribution in [2.75, 3.05) is 0 Å². The summed E-state index contributed by atoms with van der Waals surface area (Å²) in [6.07, 6.45) is 0.864. The largest absolute Gasteiger partial charge is 0.374 e. The highest BCUT2D eigenvalue weighted by atomic mass is 32.2. The molecular formula is C11H16O3S. The maximum atomic E-state index is 11.8. The average Bonchev–Trinajstić information content (AvgIpc) is 2.16. The standard InChI is InChI=1S/C11H16O3S/c1-4-9-5-7-10(8-6-9)15(13,14)11(2,3)12/h5-8,12H,4H2,1-3H3. The van der Waals surface area contributed by atoms with E-state index in [-0.39, 0.29) is 4.90 Å². The van der Waals surface area contributed by atoms with E-state index in [0.29, 0.717) is 0 Å². The number of hydrogen-bond acceptors (Lipinski definition) is 3. The highest BCUT2D eigenvalue weighted by molar-refractivity contribution is 7.92. The molecule has 1 aromatic rings. The highest BCUT2D eigenvalue weighted by Gasteiger charge is 2.32. The molecule has 0 heterocycles. The van der Waals surface area contributed by atoms with E-state index < -0.39 is 14.8 Å². The Morgan fingerprint density at radius 2 is 1.67 bits per heavy atom. The van der Waals surface area contributed by atoms with Gasteiger partial charge in [-0.15, -0.1) is 0 Å². The van der Waals surface area contributed by atoms with E-state index in [0.717, 1.165) is 12.0 Å². The number of sulfone groups is 1. The normalized spacial score (nSPS) is 12.8. The SMILES string of the molecule is CCc1ccc(S(=O)(=O)C(C)(C)O)cc1. The first-order valence-electron chi connectivity index (χ1n) is 4.85. The second-order valence-corrected chi connectivity index (χ2v) is 6.43. The summed E-state index contributed by atoms with van der Waals surface area (Å²) in [5.41, 5.74) is 1.07. The molecule has 0 radical (unpaired) electrons. The van der Waals surface area contributed by atoms with Crippen LogP contribution in [0.2, 0.25) is 0 Å². The molecule has 0 spiro atoms. The Balaban J connectivity index is 3.18. The number of hydrogen-bond donors (Lipinski definition) is 1. The van der Waals surface area contributed by atoms with Crippen molar-refractivity contribution < 1.29 is 13.5 Å². The third-order valence-corrected chi connectivity index (χ3v) is 4.51. The molecule has 0 fully saturated rings. The number of benzene rings is 1. The monoisotopic (exact) mass is 228 g/mol. The minimum Gasteiger partial charge on any atom is -0.374 e. The van der Waals surface area contributed by atoms with Gasteiger partial charge in [-0.1, -0.05) is 19.1 Å². The minimum atomic E-state index is -3.65. The molecule has 0 amide bonds. The van der Waals surface area contributed by atoms with E-state index in [1.807, 2.05) is 6.92 Å². The van der Waals surface area contributed by atoms with Gasteiger partial charge in [0.25, 0.3) is 0 Å². The van der Waals surface area contributed by atoms with Crippen LogP contribution in [0.3, 0.4) is 0 Å². The molecule has 0 aromatic heterocycles. The molecule has 1 aromatic carbocycles. The summed E-state index contributed by atoms with van der Waals surface area (Å²) in [6.45, 7) is 4.55. The molecule has 15 heavy (non-hydrogen) atoms. The predicted molar refractivity (Wildman–Crippen MR) is 59.3 cm³/mol. The lowest BCUT2D eigenvalue weighted by molar-refractivity contribution is 0.165. The van der Waals surface area contributed by atoms with Gasteiger partial charge in [-0.05, 0) is 38.0 Å². The van der Waals surface area contributed by atoms with Gasteiger partial charge in [-0.2, -0.15) is 0 Å². The third kappa shape index (κ3) is 2.38. The van der Waals surface area contributed by atoms with Crippen LogP contribution in [-0.4, -0.2) is 18.5 Å². The van der Waals surface area contributed by atoms with E-state index in [9.17, 15) is 13.5 Å². The lowest BCUT2D eigenvalue weighted by Gasteiger charge is -2.18. The Kier molecular flexibility index (Phi) is 3.21. The zero-order valence-electron chi connectivity index (χ0n) is 9.19. The zero-order valence-corrected chi connectivity index (χ0v) is 10.0. The van der Waals surface area contributed by atoms with E-state index in [1.54, 1.807) is 12.1 Å². The van der Waals surface area contributed by atoms with Crippen LogP contribution >= 0.6 is 0 Å². The topological polar surface area (TPSA) is 54.4 Å². The highest BCUT2D eigenvalue weighted by Crippen LogP contribution is 2.22. The average molecular weight is 228 g/mol. The van der Waals surface area contributed by atoms with Gasteiger partial charge in [-0.3, -0.25) is 0 Å². The Morgan fingerprint density at radius 1 is 1.20 bits per heavy atom. The third-order valence-electron chi connectivity index (χ3n) is 2.30. The van der Waals surface area contributed by atoms with Crippen LogP contribution < -0.4 is 0 Å². The Morgan fingerprint density at radius 3 is 2.00 bits per heavy atom. The van der Waals surface area contributed by atoms with Crippen molar-refractivity contribution in [1.29, 1.82) is 0 Å². The molecule has 0 unspecified atom stereocenters. The van der Waals surface area contributed by atoms with Gasteiger partial charge < -0.3 is 5.11 Å². The fourth-order valence-corrected chi connectivity index (χ4v) is 2.26. The van der Waals surface area contributed by atoms with Crippen LogP contribution in [0.4, 0.5) is 0 Å². The van der Waals surface area contributed by atoms with Crippen molar-refractivity contribution in [2.24, 2.45) is 0 Å². The van der Waals surface area contributed by atoms with Gasteiger partial charge >= 0.3 is 0 Å². The van der Waals surface area contributed by atoms with E-state index in [2.05, 4.69) is 0 Å². The molecule has 4 heteroatoms. The van der Waals surface area contributed by atoms with Crippen LogP contribution in [0.5, 0.6) is 0 Å². The lowest BCUT2D eigenvalue weighted by Crippen LogP contribution is -2.31. The Bertz CT molecular complexity index is 424. The van der Waals surface area contributed by atoms with E-state index in [4.69, 9.17) is 0 Å². The molecule has 0 saturated carbocycles. The summed E-state index contributed by atoms with van der Waals surface area (Å²) < 4.78 is 23.6. The number of rotatable bonds is 3.